The van der Waals surface area contributed by atoms with Crippen LogP contribution in [0.2, 0.25) is 0 Å². The Bertz CT molecular complexity index is 983. The number of aromatic nitrogens is 1. The Balaban J connectivity index is 1.74. The number of benzene rings is 2. The molecule has 2 aliphatic heterocycles. The molecule has 0 bridgehead atoms. The molecule has 0 aliphatic carbocycles. The highest BCUT2D eigenvalue weighted by molar-refractivity contribution is 6.02. The third-order valence-corrected chi connectivity index (χ3v) is 5.26. The maximum absolute atomic E-state index is 12.3. The summed E-state index contributed by atoms with van der Waals surface area (Å²) in [5, 5.41) is 3.62. The van der Waals surface area contributed by atoms with Gasteiger partial charge in [0.15, 0.2) is 0 Å². The summed E-state index contributed by atoms with van der Waals surface area (Å²) in [6, 6.07) is 16.5. The Morgan fingerprint density at radius 1 is 1.00 bits per heavy atom. The largest absolute Gasteiger partial charge is 0.355 e. The minimum Gasteiger partial charge on any atom is -0.355 e. The Morgan fingerprint density at radius 3 is 2.69 bits per heavy atom. The van der Waals surface area contributed by atoms with Gasteiger partial charge in [-0.15, -0.1) is 0 Å². The van der Waals surface area contributed by atoms with Crippen LogP contribution in [0.25, 0.3) is 11.1 Å². The number of hydrogen-bond acceptors (Lipinski definition) is 3. The normalized spacial score (nSPS) is 15.1. The lowest BCUT2D eigenvalue weighted by Gasteiger charge is -2.29. The maximum Gasteiger partial charge on any atom is 0.227 e. The van der Waals surface area contributed by atoms with Crippen LogP contribution >= 0.6 is 0 Å². The molecule has 5 rings (SSSR count). The number of nitrogens with one attached hydrogen (secondary N) is 1. The first-order chi connectivity index (χ1) is 12.8. The van der Waals surface area contributed by atoms with Crippen LogP contribution in [-0.4, -0.2) is 17.4 Å². The van der Waals surface area contributed by atoms with Crippen LogP contribution in [0.3, 0.4) is 0 Å². The number of nitrogens with zero attached hydrogens (tertiary/aromatic N) is 2. The van der Waals surface area contributed by atoms with Gasteiger partial charge in [-0.3, -0.25) is 9.78 Å². The van der Waals surface area contributed by atoms with Crippen molar-refractivity contribution >= 4 is 23.0 Å². The van der Waals surface area contributed by atoms with Crippen molar-refractivity contribution in [2.75, 3.05) is 16.8 Å². The van der Waals surface area contributed by atoms with E-state index in [4.69, 9.17) is 0 Å². The molecule has 2 aliphatic rings. The van der Waals surface area contributed by atoms with Gasteiger partial charge in [-0.05, 0) is 42.7 Å². The van der Waals surface area contributed by atoms with Gasteiger partial charge < -0.3 is 10.2 Å². The fourth-order valence-corrected chi connectivity index (χ4v) is 4.08. The summed E-state index contributed by atoms with van der Waals surface area (Å²) >= 11 is 0. The second kappa shape index (κ2) is 5.99. The molecule has 0 saturated heterocycles. The number of carbonyl (C=O) groups excluding carboxylic acids is 1. The van der Waals surface area contributed by atoms with E-state index < -0.39 is 0 Å². The van der Waals surface area contributed by atoms with Gasteiger partial charge >= 0.3 is 0 Å². The number of hydrogen-bond donors (Lipinski definition) is 1. The highest BCUT2D eigenvalue weighted by atomic mass is 16.2. The quantitative estimate of drug-likeness (QED) is 0.771. The zero-order valence-electron chi connectivity index (χ0n) is 14.4. The minimum absolute atomic E-state index is 0.246. The van der Waals surface area contributed by atoms with Gasteiger partial charge in [0.25, 0.3) is 0 Å². The number of rotatable bonds is 3. The number of pyridine rings is 1. The van der Waals surface area contributed by atoms with Gasteiger partial charge in [-0.25, -0.2) is 0 Å². The smallest absolute Gasteiger partial charge is 0.227 e. The molecule has 1 amide bonds. The monoisotopic (exact) mass is 341 g/mol. The molecule has 128 valence electrons. The third-order valence-electron chi connectivity index (χ3n) is 5.26. The lowest BCUT2D eigenvalue weighted by atomic mass is 9.91. The van der Waals surface area contributed by atoms with Crippen molar-refractivity contribution < 1.29 is 4.79 Å². The van der Waals surface area contributed by atoms with E-state index in [1.165, 1.54) is 11.1 Å². The van der Waals surface area contributed by atoms with Crippen LogP contribution in [0.15, 0.2) is 60.9 Å². The SMILES string of the molecule is O=C1CCc2c(Nc3ccccc3)c(-c3cccnc3)cc3c2N1CC3. The molecule has 0 atom stereocenters. The van der Waals surface area contributed by atoms with Crippen molar-refractivity contribution in [3.8, 4) is 11.1 Å². The van der Waals surface area contributed by atoms with Crippen LogP contribution in [0.5, 0.6) is 0 Å². The Labute approximate surface area is 152 Å². The molecule has 0 fully saturated rings. The van der Waals surface area contributed by atoms with E-state index in [1.807, 2.05) is 35.4 Å². The van der Waals surface area contributed by atoms with Crippen LogP contribution < -0.4 is 10.2 Å². The summed E-state index contributed by atoms with van der Waals surface area (Å²) in [5.74, 6) is 0.246. The number of para-hydroxylation sites is 1. The van der Waals surface area contributed by atoms with Crippen LogP contribution in [0, 0.1) is 0 Å². The minimum atomic E-state index is 0.246. The molecule has 0 spiro atoms. The summed E-state index contributed by atoms with van der Waals surface area (Å²) < 4.78 is 0. The molecule has 0 unspecified atom stereocenters. The van der Waals surface area contributed by atoms with E-state index >= 15 is 0 Å². The molecular formula is C22H19N3O. The van der Waals surface area contributed by atoms with Gasteiger partial charge in [0.2, 0.25) is 5.91 Å². The standard InChI is InChI=1S/C22H19N3O/c26-20-9-8-18-21(24-17-6-2-1-3-7-17)19(16-5-4-11-23-14-16)13-15-10-12-25(20)22(15)18/h1-7,11,13-14,24H,8-10,12H2. The predicted octanol–water partition coefficient (Wildman–Crippen LogP) is 4.33. The van der Waals surface area contributed by atoms with E-state index in [9.17, 15) is 4.79 Å². The van der Waals surface area contributed by atoms with Gasteiger partial charge in [-0.1, -0.05) is 24.3 Å². The number of anilines is 3. The van der Waals surface area contributed by atoms with Crippen molar-refractivity contribution in [3.05, 3.63) is 72.1 Å². The average molecular weight is 341 g/mol. The highest BCUT2D eigenvalue weighted by Gasteiger charge is 2.34. The van der Waals surface area contributed by atoms with E-state index in [-0.39, 0.29) is 5.91 Å². The van der Waals surface area contributed by atoms with Gasteiger partial charge in [0.05, 0.1) is 11.4 Å². The van der Waals surface area contributed by atoms with E-state index in [2.05, 4.69) is 34.6 Å². The predicted molar refractivity (Wildman–Crippen MR) is 104 cm³/mol. The fraction of sp³-hybridized carbons (Fsp3) is 0.182. The molecule has 26 heavy (non-hydrogen) atoms. The second-order valence-electron chi connectivity index (χ2n) is 6.81. The van der Waals surface area contributed by atoms with E-state index in [0.29, 0.717) is 6.42 Å². The molecule has 4 nitrogen and oxygen atoms in total. The molecule has 3 aromatic rings. The molecule has 4 heteroatoms. The van der Waals surface area contributed by atoms with E-state index in [1.54, 1.807) is 6.20 Å². The first-order valence-corrected chi connectivity index (χ1v) is 9.03. The first kappa shape index (κ1) is 15.1. The van der Waals surface area contributed by atoms with E-state index in [0.717, 1.165) is 47.6 Å². The van der Waals surface area contributed by atoms with Gasteiger partial charge in [0.1, 0.15) is 0 Å². The Kier molecular flexibility index (Phi) is 3.49. The zero-order valence-corrected chi connectivity index (χ0v) is 14.4. The number of carbonyl (C=O) groups is 1. The van der Waals surface area contributed by atoms with Gasteiger partial charge in [-0.2, -0.15) is 0 Å². The zero-order chi connectivity index (χ0) is 17.5. The Morgan fingerprint density at radius 2 is 1.88 bits per heavy atom. The molecule has 3 heterocycles. The van der Waals surface area contributed by atoms with Crippen molar-refractivity contribution in [1.82, 2.24) is 4.98 Å². The van der Waals surface area contributed by atoms with Crippen LogP contribution in [0.1, 0.15) is 17.5 Å². The van der Waals surface area contributed by atoms with Crippen molar-refractivity contribution in [3.63, 3.8) is 0 Å². The highest BCUT2D eigenvalue weighted by Crippen LogP contribution is 2.46. The summed E-state index contributed by atoms with van der Waals surface area (Å²) in [5.41, 5.74) is 8.06. The number of amides is 1. The van der Waals surface area contributed by atoms with Crippen LogP contribution in [0.4, 0.5) is 17.1 Å². The maximum atomic E-state index is 12.3. The fourth-order valence-electron chi connectivity index (χ4n) is 4.08. The molecule has 0 radical (unpaired) electrons. The summed E-state index contributed by atoms with van der Waals surface area (Å²) in [7, 11) is 0. The first-order valence-electron chi connectivity index (χ1n) is 9.03. The topological polar surface area (TPSA) is 45.2 Å². The summed E-state index contributed by atoms with van der Waals surface area (Å²) in [4.78, 5) is 18.6. The molecule has 2 aromatic carbocycles. The average Bonchev–Trinajstić information content (AvgIpc) is 3.12. The lowest BCUT2D eigenvalue weighted by molar-refractivity contribution is -0.118. The second-order valence-corrected chi connectivity index (χ2v) is 6.81. The molecule has 0 saturated carbocycles. The lowest BCUT2D eigenvalue weighted by Crippen LogP contribution is -2.33. The molecular weight excluding hydrogens is 322 g/mol. The Hall–Kier alpha value is -3.14. The third kappa shape index (κ3) is 2.37. The van der Waals surface area contributed by atoms with Crippen LogP contribution in [-0.2, 0) is 17.6 Å². The summed E-state index contributed by atoms with van der Waals surface area (Å²) in [6.45, 7) is 0.794. The molecule has 1 aromatic heterocycles. The summed E-state index contributed by atoms with van der Waals surface area (Å²) in [6.07, 6.45) is 5.98. The van der Waals surface area contributed by atoms with Crippen molar-refractivity contribution in [1.29, 1.82) is 0 Å². The molecule has 1 N–H and O–H groups in total. The van der Waals surface area contributed by atoms with Crippen molar-refractivity contribution in [2.45, 2.75) is 19.3 Å². The van der Waals surface area contributed by atoms with Gasteiger partial charge in [0, 0.05) is 47.7 Å². The van der Waals surface area contributed by atoms with Crippen molar-refractivity contribution in [2.24, 2.45) is 0 Å².